The predicted molar refractivity (Wildman–Crippen MR) is 116 cm³/mol. The van der Waals surface area contributed by atoms with E-state index in [2.05, 4.69) is 10.1 Å². The second-order valence-electron chi connectivity index (χ2n) is 7.70. The van der Waals surface area contributed by atoms with Crippen molar-refractivity contribution in [3.8, 4) is 0 Å². The van der Waals surface area contributed by atoms with Crippen LogP contribution in [0.4, 0.5) is 0 Å². The maximum atomic E-state index is 12.3. The smallest absolute Gasteiger partial charge is 0.317 e. The Kier molecular flexibility index (Phi) is 14.3. The second-order valence-corrected chi connectivity index (χ2v) is 7.70. The van der Waals surface area contributed by atoms with E-state index in [9.17, 15) is 34.2 Å². The summed E-state index contributed by atoms with van der Waals surface area (Å²) in [7, 11) is 0. The number of amides is 1. The molecule has 1 atom stereocenters. The van der Waals surface area contributed by atoms with Crippen molar-refractivity contribution in [1.82, 2.24) is 24.9 Å². The van der Waals surface area contributed by atoms with Gasteiger partial charge in [-0.05, 0) is 0 Å². The van der Waals surface area contributed by atoms with Crippen molar-refractivity contribution in [2.45, 2.75) is 6.23 Å². The van der Waals surface area contributed by atoms with E-state index >= 15 is 0 Å². The minimum atomic E-state index is -1.01. The number of hydrogen-bond donors (Lipinski definition) is 4. The van der Waals surface area contributed by atoms with Gasteiger partial charge in [0.15, 0.2) is 6.23 Å². The molecule has 15 heteroatoms. The molecule has 5 N–H and O–H groups in total. The second kappa shape index (κ2) is 16.7. The van der Waals surface area contributed by atoms with Crippen LogP contribution in [-0.4, -0.2) is 152 Å². The third-order valence-corrected chi connectivity index (χ3v) is 5.07. The zero-order valence-corrected chi connectivity index (χ0v) is 19.0. The van der Waals surface area contributed by atoms with Gasteiger partial charge in [-0.3, -0.25) is 49.3 Å². The first-order valence-electron chi connectivity index (χ1n) is 10.7. The van der Waals surface area contributed by atoms with Gasteiger partial charge in [0.2, 0.25) is 5.91 Å². The van der Waals surface area contributed by atoms with E-state index in [1.165, 1.54) is 0 Å². The summed E-state index contributed by atoms with van der Waals surface area (Å²) in [5, 5.41) is 21.0. The lowest BCUT2D eigenvalue weighted by molar-refractivity contribution is -0.140. The maximum Gasteiger partial charge on any atom is 0.317 e. The molecule has 194 valence electrons. The predicted octanol–water partition coefficient (Wildman–Crippen LogP) is -3.92. The summed E-state index contributed by atoms with van der Waals surface area (Å²) >= 11 is 0. The Labute approximate surface area is 197 Å². The summed E-state index contributed by atoms with van der Waals surface area (Å²) in [6.07, 6.45) is -0.969. The third kappa shape index (κ3) is 13.6. The van der Waals surface area contributed by atoms with Crippen molar-refractivity contribution in [1.29, 1.82) is 0 Å². The molecular weight excluding hydrogens is 456 g/mol. The molecule has 0 aromatic carbocycles. The molecule has 1 rings (SSSR count). The molecule has 34 heavy (non-hydrogen) atoms. The molecule has 0 bridgehead atoms. The highest BCUT2D eigenvalue weighted by Crippen LogP contribution is 2.01. The van der Waals surface area contributed by atoms with E-state index in [-0.39, 0.29) is 45.3 Å². The Morgan fingerprint density at radius 1 is 0.794 bits per heavy atom. The first-order chi connectivity index (χ1) is 16.2. The standard InChI is InChI=1S/C19H34N6O9/c20-16(34-15-27)9-21-17(28)10-22-1-2-23(11-18(29)30)3-4-24(12-19(31)32)6-8-25(7-5-22)13-33-14-26/h14-16H,1-13,20H2,(H,21,28)(H,29,30)(H,31,32). The number of hydrogen-bond acceptors (Lipinski definition) is 12. The first-order valence-corrected chi connectivity index (χ1v) is 10.7. The van der Waals surface area contributed by atoms with Gasteiger partial charge in [0.1, 0.15) is 6.73 Å². The number of carboxylic acids is 2. The van der Waals surface area contributed by atoms with Crippen molar-refractivity contribution in [3.63, 3.8) is 0 Å². The van der Waals surface area contributed by atoms with Gasteiger partial charge >= 0.3 is 11.9 Å². The molecule has 1 aliphatic heterocycles. The van der Waals surface area contributed by atoms with Crippen LogP contribution in [0.3, 0.4) is 0 Å². The van der Waals surface area contributed by atoms with Crippen molar-refractivity contribution in [3.05, 3.63) is 0 Å². The molecule has 0 aliphatic carbocycles. The molecular formula is C19H34N6O9. The number of ether oxygens (including phenoxy) is 2. The maximum absolute atomic E-state index is 12.3. The lowest BCUT2D eigenvalue weighted by Gasteiger charge is -2.33. The number of rotatable bonds is 13. The van der Waals surface area contributed by atoms with Crippen LogP contribution in [0.5, 0.6) is 0 Å². The van der Waals surface area contributed by atoms with Crippen molar-refractivity contribution >= 4 is 30.8 Å². The first kappa shape index (κ1) is 29.2. The molecule has 0 aromatic rings. The zero-order valence-electron chi connectivity index (χ0n) is 19.0. The molecule has 1 saturated heterocycles. The monoisotopic (exact) mass is 490 g/mol. The van der Waals surface area contributed by atoms with Gasteiger partial charge in [0, 0.05) is 52.4 Å². The topological polar surface area (TPSA) is 195 Å². The van der Waals surface area contributed by atoms with E-state index in [4.69, 9.17) is 10.5 Å². The number of nitrogens with one attached hydrogen (secondary N) is 1. The number of nitrogens with zero attached hydrogens (tertiary/aromatic N) is 4. The van der Waals surface area contributed by atoms with Crippen LogP contribution in [0, 0.1) is 0 Å². The van der Waals surface area contributed by atoms with Gasteiger partial charge in [-0.1, -0.05) is 0 Å². The summed E-state index contributed by atoms with van der Waals surface area (Å²) in [5.41, 5.74) is 5.52. The van der Waals surface area contributed by atoms with Gasteiger partial charge in [0.25, 0.3) is 12.9 Å². The fourth-order valence-corrected chi connectivity index (χ4v) is 3.29. The molecule has 1 fully saturated rings. The summed E-state index contributed by atoms with van der Waals surface area (Å²) in [6, 6.07) is 0. The molecule has 1 aliphatic rings. The highest BCUT2D eigenvalue weighted by Gasteiger charge is 2.20. The summed E-state index contributed by atoms with van der Waals surface area (Å²) in [6.45, 7) is 2.94. The number of carbonyl (C=O) groups excluding carboxylic acids is 3. The summed E-state index contributed by atoms with van der Waals surface area (Å²) < 4.78 is 9.39. The Morgan fingerprint density at radius 3 is 1.65 bits per heavy atom. The van der Waals surface area contributed by atoms with Crippen LogP contribution in [0.1, 0.15) is 0 Å². The molecule has 1 amide bonds. The molecule has 15 nitrogen and oxygen atoms in total. The fourth-order valence-electron chi connectivity index (χ4n) is 3.29. The minimum Gasteiger partial charge on any atom is -0.480 e. The Morgan fingerprint density at radius 2 is 1.24 bits per heavy atom. The van der Waals surface area contributed by atoms with E-state index in [0.717, 1.165) is 0 Å². The summed E-state index contributed by atoms with van der Waals surface area (Å²) in [4.78, 5) is 62.8. The van der Waals surface area contributed by atoms with Gasteiger partial charge in [-0.25, -0.2) is 0 Å². The van der Waals surface area contributed by atoms with E-state index in [1.807, 2.05) is 9.80 Å². The van der Waals surface area contributed by atoms with Gasteiger partial charge in [-0.2, -0.15) is 0 Å². The van der Waals surface area contributed by atoms with Gasteiger partial charge < -0.3 is 25.0 Å². The average Bonchev–Trinajstić information content (AvgIpc) is 2.76. The van der Waals surface area contributed by atoms with Crippen molar-refractivity contribution in [2.75, 3.05) is 85.3 Å². The zero-order chi connectivity index (χ0) is 25.3. The minimum absolute atomic E-state index is 0.00742. The van der Waals surface area contributed by atoms with Crippen molar-refractivity contribution in [2.24, 2.45) is 5.73 Å². The SMILES string of the molecule is NC(CNC(=O)CN1CCN(COC=O)CCN(CC(=O)O)CCN(CC(=O)O)CC1)OC=O. The molecule has 0 radical (unpaired) electrons. The van der Waals surface area contributed by atoms with Crippen LogP contribution in [0.2, 0.25) is 0 Å². The summed E-state index contributed by atoms with van der Waals surface area (Å²) in [5.74, 6) is -2.37. The molecule has 0 spiro atoms. The van der Waals surface area contributed by atoms with E-state index in [0.29, 0.717) is 58.8 Å². The van der Waals surface area contributed by atoms with Crippen LogP contribution in [-0.2, 0) is 33.4 Å². The Balaban J connectivity index is 2.87. The largest absolute Gasteiger partial charge is 0.480 e. The highest BCUT2D eigenvalue weighted by molar-refractivity contribution is 5.78. The molecule has 1 unspecified atom stereocenters. The molecule has 0 saturated carbocycles. The van der Waals surface area contributed by atoms with Crippen molar-refractivity contribution < 1.29 is 43.7 Å². The lowest BCUT2D eigenvalue weighted by atomic mass is 10.3. The molecule has 1 heterocycles. The number of nitrogens with two attached hydrogens (primary N) is 1. The van der Waals surface area contributed by atoms with Gasteiger partial charge in [0.05, 0.1) is 26.2 Å². The lowest BCUT2D eigenvalue weighted by Crippen LogP contribution is -2.50. The van der Waals surface area contributed by atoms with Crippen LogP contribution >= 0.6 is 0 Å². The fraction of sp³-hybridized carbons (Fsp3) is 0.737. The van der Waals surface area contributed by atoms with Crippen LogP contribution in [0.15, 0.2) is 0 Å². The van der Waals surface area contributed by atoms with Crippen LogP contribution < -0.4 is 11.1 Å². The van der Waals surface area contributed by atoms with Gasteiger partial charge in [-0.15, -0.1) is 0 Å². The van der Waals surface area contributed by atoms with E-state index in [1.54, 1.807) is 9.80 Å². The third-order valence-electron chi connectivity index (χ3n) is 5.07. The number of carbonyl (C=O) groups is 5. The van der Waals surface area contributed by atoms with E-state index < -0.39 is 18.2 Å². The quantitative estimate of drug-likeness (QED) is 0.144. The normalized spacial score (nSPS) is 18.6. The highest BCUT2D eigenvalue weighted by atomic mass is 16.5. The number of aliphatic carboxylic acids is 2. The number of carboxylic acid groups (broad SMARTS) is 2. The Bertz CT molecular complexity index is 668. The molecule has 0 aromatic heterocycles. The Hall–Kier alpha value is -2.85. The average molecular weight is 491 g/mol. The van der Waals surface area contributed by atoms with Crippen LogP contribution in [0.25, 0.3) is 0 Å².